The van der Waals surface area contributed by atoms with Gasteiger partial charge in [-0.2, -0.15) is 0 Å². The maximum Gasteiger partial charge on any atom is 0.330 e. The molecule has 5 heteroatoms. The van der Waals surface area contributed by atoms with Crippen LogP contribution in [-0.4, -0.2) is 30.4 Å². The molecule has 0 saturated carbocycles. The molecule has 0 aromatic heterocycles. The van der Waals surface area contributed by atoms with Crippen LogP contribution < -0.4 is 4.90 Å². The highest BCUT2D eigenvalue weighted by atomic mass is 35.5. The molecule has 0 spiro atoms. The van der Waals surface area contributed by atoms with Gasteiger partial charge in [0.05, 0.1) is 12.0 Å². The highest BCUT2D eigenvalue weighted by molar-refractivity contribution is 6.24. The summed E-state index contributed by atoms with van der Waals surface area (Å²) in [6, 6.07) is 7.38. The van der Waals surface area contributed by atoms with Crippen LogP contribution in [0.3, 0.4) is 0 Å². The normalized spacial score (nSPS) is 18.8. The second kappa shape index (κ2) is 6.57. The molecule has 0 radical (unpaired) electrons. The third kappa shape index (κ3) is 3.61. The maximum absolute atomic E-state index is 11.7. The van der Waals surface area contributed by atoms with Crippen LogP contribution in [0.2, 0.25) is 0 Å². The van der Waals surface area contributed by atoms with Gasteiger partial charge in [-0.05, 0) is 30.7 Å². The zero-order valence-electron chi connectivity index (χ0n) is 11.2. The van der Waals surface area contributed by atoms with E-state index in [4.69, 9.17) is 16.3 Å². The van der Waals surface area contributed by atoms with Gasteiger partial charge in [-0.25, -0.2) is 4.79 Å². The zero-order valence-corrected chi connectivity index (χ0v) is 12.0. The van der Waals surface area contributed by atoms with Crippen LogP contribution >= 0.6 is 11.6 Å². The summed E-state index contributed by atoms with van der Waals surface area (Å²) in [5.74, 6) is -0.323. The number of halogens is 1. The van der Waals surface area contributed by atoms with Crippen molar-refractivity contribution in [1.29, 1.82) is 0 Å². The van der Waals surface area contributed by atoms with Gasteiger partial charge >= 0.3 is 5.97 Å². The van der Waals surface area contributed by atoms with Crippen LogP contribution in [0.1, 0.15) is 18.9 Å². The van der Waals surface area contributed by atoms with E-state index < -0.39 is 0 Å². The van der Waals surface area contributed by atoms with Gasteiger partial charge in [0.15, 0.2) is 0 Å². The first-order valence-electron chi connectivity index (χ1n) is 6.49. The number of carbonyl (C=O) groups is 2. The molecule has 2 rings (SSSR count). The zero-order chi connectivity index (χ0) is 14.5. The number of benzene rings is 1. The lowest BCUT2D eigenvalue weighted by atomic mass is 10.2. The summed E-state index contributed by atoms with van der Waals surface area (Å²) in [4.78, 5) is 24.6. The van der Waals surface area contributed by atoms with Gasteiger partial charge in [0.2, 0.25) is 5.91 Å². The average Bonchev–Trinajstić information content (AvgIpc) is 2.76. The average molecular weight is 294 g/mol. The molecule has 20 heavy (non-hydrogen) atoms. The van der Waals surface area contributed by atoms with E-state index in [1.165, 1.54) is 6.08 Å². The predicted molar refractivity (Wildman–Crippen MR) is 78.7 cm³/mol. The second-order valence-electron chi connectivity index (χ2n) is 4.48. The fourth-order valence-corrected chi connectivity index (χ4v) is 2.30. The Morgan fingerprint density at radius 3 is 2.70 bits per heavy atom. The van der Waals surface area contributed by atoms with Gasteiger partial charge in [-0.1, -0.05) is 12.1 Å². The summed E-state index contributed by atoms with van der Waals surface area (Å²) < 4.78 is 4.80. The van der Waals surface area contributed by atoms with Crippen molar-refractivity contribution in [1.82, 2.24) is 0 Å². The predicted octanol–water partition coefficient (Wildman–Crippen LogP) is 2.61. The lowest BCUT2D eigenvalue weighted by Crippen LogP contribution is -2.24. The quantitative estimate of drug-likeness (QED) is 0.487. The van der Waals surface area contributed by atoms with Crippen molar-refractivity contribution in [2.75, 3.05) is 18.1 Å². The Hall–Kier alpha value is -1.81. The molecule has 0 bridgehead atoms. The third-order valence-corrected chi connectivity index (χ3v) is 3.27. The molecular weight excluding hydrogens is 278 g/mol. The molecule has 1 saturated heterocycles. The fraction of sp³-hybridized carbons (Fsp3) is 0.333. The Balaban J connectivity index is 2.03. The number of alkyl halides is 1. The number of carbonyl (C=O) groups excluding carboxylic acids is 2. The van der Waals surface area contributed by atoms with Crippen molar-refractivity contribution in [2.45, 2.75) is 18.7 Å². The van der Waals surface area contributed by atoms with Crippen molar-refractivity contribution < 1.29 is 14.3 Å². The molecule has 0 N–H and O–H groups in total. The Morgan fingerprint density at radius 2 is 2.15 bits per heavy atom. The SMILES string of the molecule is CCOC(=O)/C=C/c1ccc(N2CC(Cl)CC2=O)cc1. The summed E-state index contributed by atoms with van der Waals surface area (Å²) >= 11 is 5.97. The lowest BCUT2D eigenvalue weighted by molar-refractivity contribution is -0.137. The van der Waals surface area contributed by atoms with Gasteiger partial charge in [-0.15, -0.1) is 11.6 Å². The number of nitrogens with zero attached hydrogens (tertiary/aromatic N) is 1. The van der Waals surface area contributed by atoms with Crippen molar-refractivity contribution in [2.24, 2.45) is 0 Å². The monoisotopic (exact) mass is 293 g/mol. The Labute approximate surface area is 123 Å². The molecule has 1 fully saturated rings. The molecule has 1 amide bonds. The van der Waals surface area contributed by atoms with E-state index in [1.807, 2.05) is 24.3 Å². The number of esters is 1. The summed E-state index contributed by atoms with van der Waals surface area (Å²) in [5.41, 5.74) is 1.70. The van der Waals surface area contributed by atoms with Crippen LogP contribution in [0.4, 0.5) is 5.69 Å². The van der Waals surface area contributed by atoms with Crippen molar-refractivity contribution >= 4 is 35.2 Å². The lowest BCUT2D eigenvalue weighted by Gasteiger charge is -2.15. The summed E-state index contributed by atoms with van der Waals surface area (Å²) in [7, 11) is 0. The highest BCUT2D eigenvalue weighted by Gasteiger charge is 2.28. The Kier molecular flexibility index (Phi) is 4.79. The minimum atomic E-state index is -0.365. The van der Waals surface area contributed by atoms with Gasteiger partial charge < -0.3 is 9.64 Å². The van der Waals surface area contributed by atoms with E-state index in [1.54, 1.807) is 17.9 Å². The first-order chi connectivity index (χ1) is 9.60. The van der Waals surface area contributed by atoms with Gasteiger partial charge in [-0.3, -0.25) is 4.79 Å². The molecule has 4 nitrogen and oxygen atoms in total. The molecule has 1 aromatic carbocycles. The first-order valence-corrected chi connectivity index (χ1v) is 6.93. The smallest absolute Gasteiger partial charge is 0.330 e. The molecule has 1 heterocycles. The van der Waals surface area contributed by atoms with E-state index in [0.717, 1.165) is 11.3 Å². The molecule has 0 aliphatic carbocycles. The van der Waals surface area contributed by atoms with Crippen molar-refractivity contribution in [3.8, 4) is 0 Å². The molecule has 106 valence electrons. The molecule has 1 aromatic rings. The van der Waals surface area contributed by atoms with Gasteiger partial charge in [0.25, 0.3) is 0 Å². The maximum atomic E-state index is 11.7. The van der Waals surface area contributed by atoms with E-state index >= 15 is 0 Å². The van der Waals surface area contributed by atoms with Gasteiger partial charge in [0, 0.05) is 24.7 Å². The first kappa shape index (κ1) is 14.6. The number of anilines is 1. The number of amides is 1. The highest BCUT2D eigenvalue weighted by Crippen LogP contribution is 2.24. The molecule has 1 atom stereocenters. The van der Waals surface area contributed by atoms with E-state index in [9.17, 15) is 9.59 Å². The van der Waals surface area contributed by atoms with E-state index in [0.29, 0.717) is 19.6 Å². The van der Waals surface area contributed by atoms with Crippen LogP contribution in [0.5, 0.6) is 0 Å². The minimum absolute atomic E-state index is 0.0415. The topological polar surface area (TPSA) is 46.6 Å². The minimum Gasteiger partial charge on any atom is -0.463 e. The largest absolute Gasteiger partial charge is 0.463 e. The molecule has 1 unspecified atom stereocenters. The molecule has 1 aliphatic rings. The van der Waals surface area contributed by atoms with Crippen molar-refractivity contribution in [3.63, 3.8) is 0 Å². The second-order valence-corrected chi connectivity index (χ2v) is 5.10. The van der Waals surface area contributed by atoms with E-state index in [-0.39, 0.29) is 17.3 Å². The van der Waals surface area contributed by atoms with Crippen LogP contribution in [0.25, 0.3) is 6.08 Å². The summed E-state index contributed by atoms with van der Waals surface area (Å²) in [6.45, 7) is 2.66. The third-order valence-electron chi connectivity index (χ3n) is 2.98. The number of hydrogen-bond acceptors (Lipinski definition) is 3. The van der Waals surface area contributed by atoms with Crippen LogP contribution in [-0.2, 0) is 14.3 Å². The number of rotatable bonds is 4. The van der Waals surface area contributed by atoms with Gasteiger partial charge in [0.1, 0.15) is 0 Å². The number of hydrogen-bond donors (Lipinski definition) is 0. The molecule has 1 aliphatic heterocycles. The van der Waals surface area contributed by atoms with Crippen LogP contribution in [0, 0.1) is 0 Å². The number of ether oxygens (including phenoxy) is 1. The Morgan fingerprint density at radius 1 is 1.45 bits per heavy atom. The fourth-order valence-electron chi connectivity index (χ4n) is 2.03. The van der Waals surface area contributed by atoms with Crippen LogP contribution in [0.15, 0.2) is 30.3 Å². The Bertz CT molecular complexity index is 524. The summed E-state index contributed by atoms with van der Waals surface area (Å²) in [6.07, 6.45) is 3.44. The van der Waals surface area contributed by atoms with Crippen molar-refractivity contribution in [3.05, 3.63) is 35.9 Å². The van der Waals surface area contributed by atoms with E-state index in [2.05, 4.69) is 0 Å². The molecular formula is C15H16ClNO3. The summed E-state index contributed by atoms with van der Waals surface area (Å²) in [5, 5.41) is -0.120. The standard InChI is InChI=1S/C15H16ClNO3/c1-2-20-15(19)8-5-11-3-6-13(7-4-11)17-10-12(16)9-14(17)18/h3-8,12H,2,9-10H2,1H3/b8-5+.